The Morgan fingerprint density at radius 3 is 3.08 bits per heavy atom. The van der Waals surface area contributed by atoms with Crippen molar-refractivity contribution >= 4 is 5.91 Å². The van der Waals surface area contributed by atoms with Gasteiger partial charge in [0, 0.05) is 6.54 Å². The first-order chi connectivity index (χ1) is 5.75. The van der Waals surface area contributed by atoms with Crippen LogP contribution < -0.4 is 5.48 Å². The summed E-state index contributed by atoms with van der Waals surface area (Å²) in [7, 11) is 3.31. The molecule has 1 amide bonds. The van der Waals surface area contributed by atoms with Gasteiger partial charge in [0.25, 0.3) is 5.91 Å². The van der Waals surface area contributed by atoms with Crippen LogP contribution in [-0.4, -0.2) is 50.8 Å². The molecule has 1 aliphatic heterocycles. The Balaban J connectivity index is 2.42. The van der Waals surface area contributed by atoms with E-state index < -0.39 is 0 Å². The highest BCUT2D eigenvalue weighted by Gasteiger charge is 2.26. The van der Waals surface area contributed by atoms with E-state index in [2.05, 4.69) is 10.3 Å². The number of ether oxygens (including phenoxy) is 1. The minimum absolute atomic E-state index is 0.153. The fraction of sp³-hybridized carbons (Fsp3) is 0.857. The monoisotopic (exact) mass is 174 g/mol. The van der Waals surface area contributed by atoms with E-state index in [4.69, 9.17) is 4.74 Å². The first-order valence-electron chi connectivity index (χ1n) is 3.86. The van der Waals surface area contributed by atoms with Crippen molar-refractivity contribution in [2.75, 3.05) is 33.9 Å². The van der Waals surface area contributed by atoms with E-state index in [1.165, 1.54) is 7.11 Å². The van der Waals surface area contributed by atoms with Gasteiger partial charge in [0.05, 0.1) is 20.3 Å². The topological polar surface area (TPSA) is 50.8 Å². The van der Waals surface area contributed by atoms with Crippen molar-refractivity contribution in [2.45, 2.75) is 6.04 Å². The first-order valence-corrected chi connectivity index (χ1v) is 3.86. The molecule has 0 saturated carbocycles. The maximum absolute atomic E-state index is 11.3. The molecule has 0 aliphatic carbocycles. The molecule has 1 rings (SSSR count). The van der Waals surface area contributed by atoms with Crippen LogP contribution in [-0.2, 0) is 14.4 Å². The third kappa shape index (κ3) is 2.17. The molecule has 0 bridgehead atoms. The molecule has 1 saturated heterocycles. The summed E-state index contributed by atoms with van der Waals surface area (Å²) in [6, 6.07) is -0.223. The molecule has 0 aromatic carbocycles. The Bertz CT molecular complexity index is 163. The molecule has 1 fully saturated rings. The highest BCUT2D eigenvalue weighted by Crippen LogP contribution is 2.03. The third-order valence-electron chi connectivity index (χ3n) is 1.90. The molecule has 1 atom stereocenters. The summed E-state index contributed by atoms with van der Waals surface area (Å²) < 4.78 is 5.16. The Labute approximate surface area is 71.6 Å². The van der Waals surface area contributed by atoms with Crippen molar-refractivity contribution in [1.82, 2.24) is 10.4 Å². The Kier molecular flexibility index (Phi) is 3.46. The number of hydrogen-bond acceptors (Lipinski definition) is 4. The number of morpholine rings is 1. The Morgan fingerprint density at radius 1 is 1.75 bits per heavy atom. The van der Waals surface area contributed by atoms with Crippen LogP contribution in [0.25, 0.3) is 0 Å². The van der Waals surface area contributed by atoms with Gasteiger partial charge in [-0.2, -0.15) is 0 Å². The van der Waals surface area contributed by atoms with Crippen molar-refractivity contribution in [2.24, 2.45) is 0 Å². The minimum atomic E-state index is -0.223. The lowest BCUT2D eigenvalue weighted by Crippen LogP contribution is -2.51. The number of rotatable bonds is 2. The van der Waals surface area contributed by atoms with E-state index in [1.807, 2.05) is 11.9 Å². The summed E-state index contributed by atoms with van der Waals surface area (Å²) >= 11 is 0. The zero-order valence-electron chi connectivity index (χ0n) is 7.37. The smallest absolute Gasteiger partial charge is 0.263 e. The van der Waals surface area contributed by atoms with Gasteiger partial charge in [0.2, 0.25) is 0 Å². The molecule has 0 aromatic heterocycles. The van der Waals surface area contributed by atoms with Gasteiger partial charge >= 0.3 is 0 Å². The molecular weight excluding hydrogens is 160 g/mol. The van der Waals surface area contributed by atoms with E-state index in [9.17, 15) is 4.79 Å². The standard InChI is InChI=1S/C7H14N2O3/c1-9-3-4-12-5-6(9)7(10)8-11-2/h6H,3-5H2,1-2H3,(H,8,10)/t6-/m0/s1. The second-order valence-corrected chi connectivity index (χ2v) is 2.74. The van der Waals surface area contributed by atoms with Gasteiger partial charge in [-0.15, -0.1) is 0 Å². The lowest BCUT2D eigenvalue weighted by molar-refractivity contribution is -0.141. The number of carbonyl (C=O) groups is 1. The quantitative estimate of drug-likeness (QED) is 0.545. The summed E-state index contributed by atoms with van der Waals surface area (Å²) in [5.41, 5.74) is 2.29. The Hall–Kier alpha value is -0.650. The molecule has 5 heteroatoms. The van der Waals surface area contributed by atoms with E-state index in [0.29, 0.717) is 13.2 Å². The third-order valence-corrected chi connectivity index (χ3v) is 1.90. The van der Waals surface area contributed by atoms with E-state index in [-0.39, 0.29) is 11.9 Å². The van der Waals surface area contributed by atoms with Crippen LogP contribution in [0.1, 0.15) is 0 Å². The number of hydrogen-bond donors (Lipinski definition) is 1. The van der Waals surface area contributed by atoms with Crippen molar-refractivity contribution in [3.63, 3.8) is 0 Å². The van der Waals surface area contributed by atoms with E-state index in [1.54, 1.807) is 0 Å². The van der Waals surface area contributed by atoms with Crippen LogP contribution in [0.2, 0.25) is 0 Å². The van der Waals surface area contributed by atoms with Gasteiger partial charge in [-0.3, -0.25) is 14.5 Å². The lowest BCUT2D eigenvalue weighted by Gasteiger charge is -2.30. The number of carbonyl (C=O) groups excluding carboxylic acids is 1. The largest absolute Gasteiger partial charge is 0.378 e. The molecule has 1 N–H and O–H groups in total. The minimum Gasteiger partial charge on any atom is -0.378 e. The van der Waals surface area contributed by atoms with Crippen LogP contribution in [0.4, 0.5) is 0 Å². The number of nitrogens with zero attached hydrogens (tertiary/aromatic N) is 1. The van der Waals surface area contributed by atoms with Gasteiger partial charge in [0.1, 0.15) is 6.04 Å². The van der Waals surface area contributed by atoms with Crippen LogP contribution in [0.15, 0.2) is 0 Å². The van der Waals surface area contributed by atoms with Crippen LogP contribution in [0, 0.1) is 0 Å². The van der Waals surface area contributed by atoms with Crippen molar-refractivity contribution in [3.8, 4) is 0 Å². The maximum Gasteiger partial charge on any atom is 0.263 e. The van der Waals surface area contributed by atoms with Gasteiger partial charge < -0.3 is 4.74 Å². The first kappa shape index (κ1) is 9.44. The summed E-state index contributed by atoms with van der Waals surface area (Å²) in [5, 5.41) is 0. The summed E-state index contributed by atoms with van der Waals surface area (Å²) in [6.45, 7) is 1.90. The SMILES string of the molecule is CONC(=O)[C@@H]1COCCN1C. The van der Waals surface area contributed by atoms with Crippen molar-refractivity contribution < 1.29 is 14.4 Å². The van der Waals surface area contributed by atoms with Crippen LogP contribution in [0.5, 0.6) is 0 Å². The van der Waals surface area contributed by atoms with Crippen molar-refractivity contribution in [3.05, 3.63) is 0 Å². The fourth-order valence-electron chi connectivity index (χ4n) is 1.13. The van der Waals surface area contributed by atoms with Gasteiger partial charge in [0.15, 0.2) is 0 Å². The van der Waals surface area contributed by atoms with Crippen LogP contribution in [0.3, 0.4) is 0 Å². The molecule has 0 aromatic rings. The summed E-state index contributed by atoms with van der Waals surface area (Å²) in [6.07, 6.45) is 0. The summed E-state index contributed by atoms with van der Waals surface area (Å²) in [5.74, 6) is -0.153. The average Bonchev–Trinajstić information content (AvgIpc) is 2.05. The molecule has 5 nitrogen and oxygen atoms in total. The molecule has 0 spiro atoms. The molecule has 1 heterocycles. The second-order valence-electron chi connectivity index (χ2n) is 2.74. The van der Waals surface area contributed by atoms with Gasteiger partial charge in [-0.25, -0.2) is 5.48 Å². The van der Waals surface area contributed by atoms with Crippen molar-refractivity contribution in [1.29, 1.82) is 0 Å². The van der Waals surface area contributed by atoms with Crippen LogP contribution >= 0.6 is 0 Å². The maximum atomic E-state index is 11.3. The van der Waals surface area contributed by atoms with E-state index >= 15 is 0 Å². The normalized spacial score (nSPS) is 25.3. The highest BCUT2D eigenvalue weighted by atomic mass is 16.6. The van der Waals surface area contributed by atoms with Gasteiger partial charge in [-0.1, -0.05) is 0 Å². The summed E-state index contributed by atoms with van der Waals surface area (Å²) in [4.78, 5) is 17.7. The second kappa shape index (κ2) is 4.39. The number of amides is 1. The predicted molar refractivity (Wildman–Crippen MR) is 42.4 cm³/mol. The predicted octanol–water partition coefficient (Wildman–Crippen LogP) is -1.01. The molecular formula is C7H14N2O3. The highest BCUT2D eigenvalue weighted by molar-refractivity contribution is 5.80. The zero-order valence-corrected chi connectivity index (χ0v) is 7.37. The Morgan fingerprint density at radius 2 is 2.50 bits per heavy atom. The lowest BCUT2D eigenvalue weighted by atomic mass is 10.2. The van der Waals surface area contributed by atoms with E-state index in [0.717, 1.165) is 6.54 Å². The molecule has 0 unspecified atom stereocenters. The number of hydroxylamine groups is 1. The zero-order chi connectivity index (χ0) is 8.97. The van der Waals surface area contributed by atoms with Gasteiger partial charge in [-0.05, 0) is 7.05 Å². The molecule has 0 radical (unpaired) electrons. The number of likely N-dealkylation sites (N-methyl/N-ethyl adjacent to an activating group) is 1. The molecule has 1 aliphatic rings. The fourth-order valence-corrected chi connectivity index (χ4v) is 1.13. The number of nitrogens with one attached hydrogen (secondary N) is 1. The molecule has 70 valence electrons. The molecule has 12 heavy (non-hydrogen) atoms. The average molecular weight is 174 g/mol.